The zero-order valence-corrected chi connectivity index (χ0v) is 18.5. The molecule has 0 aliphatic carbocycles. The minimum atomic E-state index is -4.92. The summed E-state index contributed by atoms with van der Waals surface area (Å²) < 4.78 is 78.1. The summed E-state index contributed by atoms with van der Waals surface area (Å²) >= 11 is 0. The van der Waals surface area contributed by atoms with E-state index in [4.69, 9.17) is 10.5 Å². The lowest BCUT2D eigenvalue weighted by Crippen LogP contribution is -2.33. The molecule has 4 rings (SSSR count). The van der Waals surface area contributed by atoms with Crippen LogP contribution in [0.4, 0.5) is 22.0 Å². The number of rotatable bonds is 6. The molecule has 188 valence electrons. The van der Waals surface area contributed by atoms with Gasteiger partial charge in [-0.15, -0.1) is 13.2 Å². The number of fused-ring (bicyclic) bond motifs is 2. The molecule has 0 bridgehead atoms. The van der Waals surface area contributed by atoms with E-state index in [2.05, 4.69) is 14.5 Å². The third-order valence-electron chi connectivity index (χ3n) is 5.21. The molecule has 3 aromatic rings. The Balaban J connectivity index is 1.82. The summed E-state index contributed by atoms with van der Waals surface area (Å²) in [5.41, 5.74) is 7.63. The SMILES string of the molecule is CN(C=O)C(N)=NC1c2cc(OC(F)(F)F)ccc2Oc2ccc(-c3cccc(OC(F)F)c3)cc21. The van der Waals surface area contributed by atoms with Crippen LogP contribution in [0.1, 0.15) is 17.2 Å². The van der Waals surface area contributed by atoms with Crippen molar-refractivity contribution in [2.45, 2.75) is 19.0 Å². The van der Waals surface area contributed by atoms with Crippen LogP contribution < -0.4 is 19.9 Å². The number of nitrogens with two attached hydrogens (primary N) is 1. The molecule has 1 atom stereocenters. The fourth-order valence-electron chi connectivity index (χ4n) is 3.62. The second-order valence-corrected chi connectivity index (χ2v) is 7.61. The lowest BCUT2D eigenvalue weighted by molar-refractivity contribution is -0.274. The Morgan fingerprint density at radius 3 is 2.36 bits per heavy atom. The van der Waals surface area contributed by atoms with Gasteiger partial charge in [0.1, 0.15) is 29.0 Å². The summed E-state index contributed by atoms with van der Waals surface area (Å²) in [6.07, 6.45) is -4.50. The normalized spacial score (nSPS) is 15.0. The number of ether oxygens (including phenoxy) is 3. The quantitative estimate of drug-likeness (QED) is 0.208. The number of halogens is 5. The summed E-state index contributed by atoms with van der Waals surface area (Å²) in [5, 5.41) is 0. The zero-order valence-electron chi connectivity index (χ0n) is 18.5. The third kappa shape index (κ3) is 5.48. The molecule has 2 N–H and O–H groups in total. The van der Waals surface area contributed by atoms with Gasteiger partial charge in [-0.25, -0.2) is 4.99 Å². The van der Waals surface area contributed by atoms with Crippen LogP contribution in [0, 0.1) is 0 Å². The maximum Gasteiger partial charge on any atom is 0.573 e. The van der Waals surface area contributed by atoms with Crippen LogP contribution in [0.5, 0.6) is 23.0 Å². The number of nitrogens with zero attached hydrogens (tertiary/aromatic N) is 2. The van der Waals surface area contributed by atoms with Crippen LogP contribution in [0.3, 0.4) is 0 Å². The Morgan fingerprint density at radius 2 is 1.69 bits per heavy atom. The van der Waals surface area contributed by atoms with E-state index in [1.807, 2.05) is 0 Å². The van der Waals surface area contributed by atoms with Crippen molar-refractivity contribution in [3.05, 3.63) is 71.8 Å². The number of aliphatic imine (C=N–C) groups is 1. The first-order chi connectivity index (χ1) is 17.0. The topological polar surface area (TPSA) is 86.4 Å². The minimum Gasteiger partial charge on any atom is -0.457 e. The molecule has 1 unspecified atom stereocenters. The third-order valence-corrected chi connectivity index (χ3v) is 5.21. The summed E-state index contributed by atoms with van der Waals surface area (Å²) in [6.45, 7) is -3.00. The van der Waals surface area contributed by atoms with Crippen molar-refractivity contribution >= 4 is 12.4 Å². The van der Waals surface area contributed by atoms with Gasteiger partial charge in [-0.3, -0.25) is 9.69 Å². The molecule has 7 nitrogen and oxygen atoms in total. The van der Waals surface area contributed by atoms with Gasteiger partial charge in [-0.05, 0) is 53.6 Å². The standard InChI is InChI=1S/C24H18F5N3O4/c1-32(12-33)23(30)31-21-17-10-14(13-3-2-4-15(9-13)34-22(25)26)5-7-19(17)35-20-8-6-16(11-18(20)21)36-24(27,28)29/h2-12,21-22H,1H3,(H2,30,31). The largest absolute Gasteiger partial charge is 0.573 e. The summed E-state index contributed by atoms with van der Waals surface area (Å²) in [7, 11) is 1.36. The van der Waals surface area contributed by atoms with Crippen molar-refractivity contribution in [1.29, 1.82) is 0 Å². The van der Waals surface area contributed by atoms with E-state index < -0.39 is 24.8 Å². The number of benzene rings is 3. The molecule has 0 saturated carbocycles. The molecule has 0 aromatic heterocycles. The molecule has 0 radical (unpaired) electrons. The lowest BCUT2D eigenvalue weighted by Gasteiger charge is -2.28. The molecule has 1 amide bonds. The van der Waals surface area contributed by atoms with Gasteiger partial charge in [0.25, 0.3) is 0 Å². The average Bonchev–Trinajstić information content (AvgIpc) is 2.82. The van der Waals surface area contributed by atoms with Gasteiger partial charge < -0.3 is 19.9 Å². The highest BCUT2D eigenvalue weighted by atomic mass is 19.4. The minimum absolute atomic E-state index is 0.0535. The van der Waals surface area contributed by atoms with Gasteiger partial charge in [0.05, 0.1) is 0 Å². The van der Waals surface area contributed by atoms with Crippen LogP contribution in [0.25, 0.3) is 11.1 Å². The van der Waals surface area contributed by atoms with E-state index in [0.717, 1.165) is 17.0 Å². The summed E-state index contributed by atoms with van der Waals surface area (Å²) in [5.74, 6) is -0.196. The Hall–Kier alpha value is -4.35. The molecule has 0 spiro atoms. The van der Waals surface area contributed by atoms with Gasteiger partial charge in [0, 0.05) is 18.2 Å². The van der Waals surface area contributed by atoms with E-state index in [9.17, 15) is 26.7 Å². The molecule has 0 fully saturated rings. The lowest BCUT2D eigenvalue weighted by atomic mass is 9.92. The fourth-order valence-corrected chi connectivity index (χ4v) is 3.62. The molecule has 0 saturated heterocycles. The maximum absolute atomic E-state index is 12.8. The summed E-state index contributed by atoms with van der Waals surface area (Å²) in [4.78, 5) is 16.5. The number of hydrogen-bond acceptors (Lipinski definition) is 5. The predicted molar refractivity (Wildman–Crippen MR) is 119 cm³/mol. The van der Waals surface area contributed by atoms with Gasteiger partial charge in [-0.1, -0.05) is 18.2 Å². The van der Waals surface area contributed by atoms with Crippen molar-refractivity contribution < 1.29 is 41.0 Å². The van der Waals surface area contributed by atoms with E-state index in [1.54, 1.807) is 24.3 Å². The predicted octanol–water partition coefficient (Wildman–Crippen LogP) is 5.45. The number of carbonyl (C=O) groups is 1. The molecule has 36 heavy (non-hydrogen) atoms. The molecular weight excluding hydrogens is 489 g/mol. The van der Waals surface area contributed by atoms with E-state index in [-0.39, 0.29) is 23.0 Å². The van der Waals surface area contributed by atoms with Gasteiger partial charge >= 0.3 is 13.0 Å². The van der Waals surface area contributed by atoms with Crippen LogP contribution in [0.2, 0.25) is 0 Å². The van der Waals surface area contributed by atoms with Crippen LogP contribution in [0.15, 0.2) is 65.7 Å². The first kappa shape index (κ1) is 24.8. The van der Waals surface area contributed by atoms with Crippen molar-refractivity contribution in [3.63, 3.8) is 0 Å². The average molecular weight is 507 g/mol. The molecule has 12 heteroatoms. The highest BCUT2D eigenvalue weighted by Gasteiger charge is 2.33. The maximum atomic E-state index is 12.8. The molecule has 3 aromatic carbocycles. The van der Waals surface area contributed by atoms with Crippen molar-refractivity contribution in [2.75, 3.05) is 7.05 Å². The Bertz CT molecular complexity index is 1310. The summed E-state index contributed by atoms with van der Waals surface area (Å²) in [6, 6.07) is 13.4. The monoisotopic (exact) mass is 507 g/mol. The Labute approximate surface area is 201 Å². The van der Waals surface area contributed by atoms with Crippen molar-refractivity contribution in [3.8, 4) is 34.1 Å². The van der Waals surface area contributed by atoms with Crippen LogP contribution >= 0.6 is 0 Å². The Kier molecular flexibility index (Phi) is 6.69. The number of amides is 1. The highest BCUT2D eigenvalue weighted by molar-refractivity contribution is 5.87. The van der Waals surface area contributed by atoms with E-state index >= 15 is 0 Å². The van der Waals surface area contributed by atoms with Crippen LogP contribution in [-0.4, -0.2) is 37.3 Å². The molecule has 1 heterocycles. The van der Waals surface area contributed by atoms with Crippen molar-refractivity contribution in [2.24, 2.45) is 10.7 Å². The van der Waals surface area contributed by atoms with Gasteiger partial charge in [0.15, 0.2) is 5.96 Å². The number of carbonyl (C=O) groups excluding carboxylic acids is 1. The molecule has 1 aliphatic heterocycles. The number of hydrogen-bond donors (Lipinski definition) is 1. The van der Waals surface area contributed by atoms with E-state index in [1.165, 1.54) is 31.3 Å². The van der Waals surface area contributed by atoms with Crippen LogP contribution in [-0.2, 0) is 4.79 Å². The van der Waals surface area contributed by atoms with Crippen molar-refractivity contribution in [1.82, 2.24) is 4.90 Å². The number of guanidine groups is 1. The molecule has 1 aliphatic rings. The zero-order chi connectivity index (χ0) is 26.0. The number of alkyl halides is 5. The van der Waals surface area contributed by atoms with Gasteiger partial charge in [0.2, 0.25) is 6.41 Å². The smallest absolute Gasteiger partial charge is 0.457 e. The molecular formula is C24H18F5N3O4. The second kappa shape index (κ2) is 9.72. The van der Waals surface area contributed by atoms with E-state index in [0.29, 0.717) is 28.8 Å². The van der Waals surface area contributed by atoms with Gasteiger partial charge in [-0.2, -0.15) is 8.78 Å². The second-order valence-electron chi connectivity index (χ2n) is 7.61. The first-order valence-corrected chi connectivity index (χ1v) is 10.3. The Morgan fingerprint density at radius 1 is 1.03 bits per heavy atom. The highest BCUT2D eigenvalue weighted by Crippen LogP contribution is 2.47. The first-order valence-electron chi connectivity index (χ1n) is 10.3. The fraction of sp³-hybridized carbons (Fsp3) is 0.167.